The zero-order chi connectivity index (χ0) is 17.1. The van der Waals surface area contributed by atoms with Gasteiger partial charge in [-0.05, 0) is 24.6 Å². The zero-order valence-electron chi connectivity index (χ0n) is 12.9. The van der Waals surface area contributed by atoms with E-state index in [2.05, 4.69) is 15.5 Å². The van der Waals surface area contributed by atoms with E-state index in [1.165, 1.54) is 6.20 Å². The lowest BCUT2D eigenvalue weighted by molar-refractivity contribution is 0.101. The van der Waals surface area contributed by atoms with Gasteiger partial charge in [0.05, 0.1) is 29.0 Å². The third-order valence-electron chi connectivity index (χ3n) is 3.44. The standard InChI is InChI=1S/C16H15Cl2N5O/c1-2-23-15(14(18)8-20-23)16(24)21-13-5-3-4-11(6-13)9-22-10-12(17)7-19-22/h3-8,10H,2,9H2,1H3,(H,21,24). The molecule has 0 aliphatic rings. The van der Waals surface area contributed by atoms with Gasteiger partial charge in [-0.2, -0.15) is 10.2 Å². The van der Waals surface area contributed by atoms with Crippen LogP contribution in [0.5, 0.6) is 0 Å². The average Bonchev–Trinajstić information content (AvgIpc) is 3.13. The second kappa shape index (κ2) is 7.07. The molecule has 1 amide bonds. The molecule has 1 aromatic carbocycles. The summed E-state index contributed by atoms with van der Waals surface area (Å²) in [6, 6.07) is 7.52. The van der Waals surface area contributed by atoms with E-state index in [9.17, 15) is 4.79 Å². The largest absolute Gasteiger partial charge is 0.321 e. The monoisotopic (exact) mass is 363 g/mol. The Morgan fingerprint density at radius 2 is 2.08 bits per heavy atom. The normalized spacial score (nSPS) is 10.8. The molecule has 2 heterocycles. The van der Waals surface area contributed by atoms with Crippen LogP contribution < -0.4 is 5.32 Å². The van der Waals surface area contributed by atoms with Crippen LogP contribution in [0, 0.1) is 0 Å². The Morgan fingerprint density at radius 3 is 2.79 bits per heavy atom. The van der Waals surface area contributed by atoms with Crippen molar-refractivity contribution in [2.24, 2.45) is 0 Å². The third kappa shape index (κ3) is 3.60. The fourth-order valence-electron chi connectivity index (χ4n) is 2.38. The highest BCUT2D eigenvalue weighted by molar-refractivity contribution is 6.34. The smallest absolute Gasteiger partial charge is 0.275 e. The number of nitrogens with zero attached hydrogens (tertiary/aromatic N) is 4. The molecule has 0 spiro atoms. The molecule has 0 saturated carbocycles. The van der Waals surface area contributed by atoms with E-state index in [0.717, 1.165) is 5.56 Å². The van der Waals surface area contributed by atoms with Crippen molar-refractivity contribution < 1.29 is 4.79 Å². The molecule has 0 fully saturated rings. The van der Waals surface area contributed by atoms with Crippen molar-refractivity contribution in [2.75, 3.05) is 5.32 Å². The lowest BCUT2D eigenvalue weighted by Gasteiger charge is -2.09. The molecule has 0 aliphatic carbocycles. The minimum atomic E-state index is -0.293. The van der Waals surface area contributed by atoms with Crippen LogP contribution in [0.2, 0.25) is 10.0 Å². The lowest BCUT2D eigenvalue weighted by Crippen LogP contribution is -2.18. The summed E-state index contributed by atoms with van der Waals surface area (Å²) in [7, 11) is 0. The number of halogens is 2. The van der Waals surface area contributed by atoms with Gasteiger partial charge in [0.25, 0.3) is 5.91 Å². The maximum atomic E-state index is 12.5. The number of carbonyl (C=O) groups is 1. The average molecular weight is 364 g/mol. The van der Waals surface area contributed by atoms with Crippen LogP contribution in [-0.2, 0) is 13.1 Å². The van der Waals surface area contributed by atoms with Crippen molar-refractivity contribution in [1.82, 2.24) is 19.6 Å². The maximum absolute atomic E-state index is 12.5. The van der Waals surface area contributed by atoms with Crippen LogP contribution >= 0.6 is 23.2 Å². The van der Waals surface area contributed by atoms with E-state index < -0.39 is 0 Å². The Hall–Kier alpha value is -2.31. The highest BCUT2D eigenvalue weighted by atomic mass is 35.5. The van der Waals surface area contributed by atoms with Gasteiger partial charge >= 0.3 is 0 Å². The number of rotatable bonds is 5. The fourth-order valence-corrected chi connectivity index (χ4v) is 2.76. The summed E-state index contributed by atoms with van der Waals surface area (Å²) in [5.74, 6) is -0.293. The predicted octanol–water partition coefficient (Wildman–Crippen LogP) is 3.71. The van der Waals surface area contributed by atoms with E-state index >= 15 is 0 Å². The molecule has 0 atom stereocenters. The van der Waals surface area contributed by atoms with E-state index in [1.807, 2.05) is 31.2 Å². The Bertz CT molecular complexity index is 871. The van der Waals surface area contributed by atoms with Crippen LogP contribution in [0.4, 0.5) is 5.69 Å². The van der Waals surface area contributed by atoms with Crippen molar-refractivity contribution in [1.29, 1.82) is 0 Å². The number of carbonyl (C=O) groups excluding carboxylic acids is 1. The fraction of sp³-hybridized carbons (Fsp3) is 0.188. The van der Waals surface area contributed by atoms with Gasteiger partial charge in [0, 0.05) is 18.4 Å². The molecule has 0 aliphatic heterocycles. The molecule has 124 valence electrons. The van der Waals surface area contributed by atoms with Crippen LogP contribution in [0.1, 0.15) is 23.0 Å². The zero-order valence-corrected chi connectivity index (χ0v) is 14.4. The number of benzene rings is 1. The Balaban J connectivity index is 1.77. The minimum absolute atomic E-state index is 0.293. The molecule has 3 rings (SSSR count). The van der Waals surface area contributed by atoms with Gasteiger partial charge in [-0.15, -0.1) is 0 Å². The summed E-state index contributed by atoms with van der Waals surface area (Å²) in [4.78, 5) is 12.5. The Labute approximate surface area is 149 Å². The van der Waals surface area contributed by atoms with E-state index in [1.54, 1.807) is 21.8 Å². The Kier molecular flexibility index (Phi) is 4.87. The topological polar surface area (TPSA) is 64.7 Å². The summed E-state index contributed by atoms with van der Waals surface area (Å²) in [5.41, 5.74) is 2.02. The first-order valence-corrected chi connectivity index (χ1v) is 8.12. The molecule has 24 heavy (non-hydrogen) atoms. The number of amides is 1. The molecule has 6 nitrogen and oxygen atoms in total. The number of hydrogen-bond acceptors (Lipinski definition) is 3. The highest BCUT2D eigenvalue weighted by Crippen LogP contribution is 2.18. The minimum Gasteiger partial charge on any atom is -0.321 e. The van der Waals surface area contributed by atoms with Crippen LogP contribution in [-0.4, -0.2) is 25.5 Å². The molecule has 3 aromatic rings. The third-order valence-corrected chi connectivity index (χ3v) is 3.91. The summed E-state index contributed by atoms with van der Waals surface area (Å²) in [6.07, 6.45) is 4.80. The van der Waals surface area contributed by atoms with Gasteiger partial charge in [0.2, 0.25) is 0 Å². The SMILES string of the molecule is CCn1ncc(Cl)c1C(=O)Nc1cccc(Cn2cc(Cl)cn2)c1. The quantitative estimate of drug-likeness (QED) is 0.751. The first-order valence-electron chi connectivity index (χ1n) is 7.36. The number of aryl methyl sites for hydroxylation is 1. The summed E-state index contributed by atoms with van der Waals surface area (Å²) < 4.78 is 3.29. The number of aromatic nitrogens is 4. The predicted molar refractivity (Wildman–Crippen MR) is 93.6 cm³/mol. The van der Waals surface area contributed by atoms with Gasteiger partial charge in [-0.1, -0.05) is 35.3 Å². The Morgan fingerprint density at radius 1 is 1.25 bits per heavy atom. The second-order valence-corrected chi connectivity index (χ2v) is 6.01. The van der Waals surface area contributed by atoms with Gasteiger partial charge in [0.1, 0.15) is 5.69 Å². The number of nitrogens with one attached hydrogen (secondary N) is 1. The van der Waals surface area contributed by atoms with Crippen LogP contribution in [0.15, 0.2) is 42.9 Å². The van der Waals surface area contributed by atoms with Crippen LogP contribution in [0.25, 0.3) is 0 Å². The van der Waals surface area contributed by atoms with E-state index in [-0.39, 0.29) is 5.91 Å². The van der Waals surface area contributed by atoms with Gasteiger partial charge in [-0.25, -0.2) is 0 Å². The highest BCUT2D eigenvalue weighted by Gasteiger charge is 2.17. The van der Waals surface area contributed by atoms with Crippen molar-refractivity contribution in [2.45, 2.75) is 20.0 Å². The molecule has 0 unspecified atom stereocenters. The van der Waals surface area contributed by atoms with Crippen molar-refractivity contribution in [3.05, 3.63) is 64.2 Å². The summed E-state index contributed by atoms with van der Waals surface area (Å²) >= 11 is 11.9. The molecule has 0 radical (unpaired) electrons. The maximum Gasteiger partial charge on any atom is 0.275 e. The second-order valence-electron chi connectivity index (χ2n) is 5.17. The molecule has 0 bridgehead atoms. The first-order chi connectivity index (χ1) is 11.6. The number of anilines is 1. The van der Waals surface area contributed by atoms with Gasteiger partial charge < -0.3 is 5.32 Å². The lowest BCUT2D eigenvalue weighted by atomic mass is 10.2. The van der Waals surface area contributed by atoms with Crippen molar-refractivity contribution in [3.63, 3.8) is 0 Å². The van der Waals surface area contributed by atoms with Crippen molar-refractivity contribution >= 4 is 34.8 Å². The molecule has 2 aromatic heterocycles. The van der Waals surface area contributed by atoms with E-state index in [0.29, 0.717) is 34.5 Å². The molecular formula is C16H15Cl2N5O. The molecule has 8 heteroatoms. The molecule has 0 saturated heterocycles. The van der Waals surface area contributed by atoms with E-state index in [4.69, 9.17) is 23.2 Å². The summed E-state index contributed by atoms with van der Waals surface area (Å²) in [6.45, 7) is 3.02. The van der Waals surface area contributed by atoms with Crippen LogP contribution in [0.3, 0.4) is 0 Å². The molecule has 1 N–H and O–H groups in total. The molecular weight excluding hydrogens is 349 g/mol. The van der Waals surface area contributed by atoms with Gasteiger partial charge in [-0.3, -0.25) is 14.2 Å². The van der Waals surface area contributed by atoms with Gasteiger partial charge in [0.15, 0.2) is 0 Å². The summed E-state index contributed by atoms with van der Waals surface area (Å²) in [5, 5.41) is 12.0. The number of hydrogen-bond donors (Lipinski definition) is 1. The first kappa shape index (κ1) is 16.5. The van der Waals surface area contributed by atoms with Crippen molar-refractivity contribution in [3.8, 4) is 0 Å².